The van der Waals surface area contributed by atoms with Gasteiger partial charge in [0.25, 0.3) is 0 Å². The number of nitrogens with zero attached hydrogens (tertiary/aromatic N) is 4. The molecule has 4 heterocycles. The molecule has 0 saturated carbocycles. The molecule has 284 valence electrons. The van der Waals surface area contributed by atoms with Gasteiger partial charge in [0.2, 0.25) is 11.8 Å². The summed E-state index contributed by atoms with van der Waals surface area (Å²) in [5, 5.41) is 5.37. The van der Waals surface area contributed by atoms with Gasteiger partial charge in [-0.3, -0.25) is 9.59 Å². The second-order valence-electron chi connectivity index (χ2n) is 14.4. The molecule has 2 fully saturated rings. The van der Waals surface area contributed by atoms with E-state index in [2.05, 4.69) is 32.4 Å². The Morgan fingerprint density at radius 3 is 1.85 bits per heavy atom. The first-order valence-corrected chi connectivity index (χ1v) is 18.4. The van der Waals surface area contributed by atoms with E-state index in [4.69, 9.17) is 19.4 Å². The zero-order valence-corrected chi connectivity index (χ0v) is 31.6. The molecule has 0 unspecified atom stereocenters. The Morgan fingerprint density at radius 1 is 0.759 bits per heavy atom. The lowest BCUT2D eigenvalue weighted by atomic mass is 10.0. The van der Waals surface area contributed by atoms with Crippen LogP contribution >= 0.6 is 0 Å². The van der Waals surface area contributed by atoms with Gasteiger partial charge in [0.15, 0.2) is 0 Å². The van der Waals surface area contributed by atoms with Crippen molar-refractivity contribution in [3.8, 4) is 23.1 Å². The molecule has 14 heteroatoms. The van der Waals surface area contributed by atoms with Gasteiger partial charge in [-0.25, -0.2) is 19.6 Å². The number of alkyl carbamates (subject to hydrolysis) is 2. The maximum atomic E-state index is 13.5. The minimum absolute atomic E-state index is 0.109. The van der Waals surface area contributed by atoms with Crippen LogP contribution in [0, 0.1) is 23.7 Å². The minimum Gasteiger partial charge on any atom is -0.453 e. The van der Waals surface area contributed by atoms with Gasteiger partial charge >= 0.3 is 12.2 Å². The van der Waals surface area contributed by atoms with Gasteiger partial charge in [0.05, 0.1) is 43.0 Å². The number of methoxy groups -OCH3 is 2. The van der Waals surface area contributed by atoms with Crippen molar-refractivity contribution < 1.29 is 28.7 Å². The van der Waals surface area contributed by atoms with Crippen molar-refractivity contribution in [2.45, 2.75) is 77.5 Å². The Balaban J connectivity index is 1.12. The first-order valence-electron chi connectivity index (χ1n) is 18.4. The van der Waals surface area contributed by atoms with E-state index >= 15 is 0 Å². The lowest BCUT2D eigenvalue weighted by molar-refractivity contribution is -0.136. The van der Waals surface area contributed by atoms with Crippen LogP contribution in [0.5, 0.6) is 0 Å². The summed E-state index contributed by atoms with van der Waals surface area (Å²) in [6.45, 7) is 8.75. The SMILES string of the molecule is COC(=O)N[C@H](C(=O)N1CCC[C@H]1c1nc(-c2ccc(C#Cc3ccc4nc([C@@H]5CCCN5C(=O)[C@@H](NC(=O)OC)C(C)C)[nH]c4c3)cc2)c[nH]1)C(C)C. The van der Waals surface area contributed by atoms with Crippen LogP contribution in [-0.4, -0.2) is 93.1 Å². The van der Waals surface area contributed by atoms with Gasteiger partial charge in [-0.15, -0.1) is 0 Å². The van der Waals surface area contributed by atoms with Crippen LogP contribution in [0.15, 0.2) is 48.7 Å². The van der Waals surface area contributed by atoms with Crippen LogP contribution in [0.3, 0.4) is 0 Å². The van der Waals surface area contributed by atoms with Crippen molar-refractivity contribution in [2.75, 3.05) is 27.3 Å². The Kier molecular flexibility index (Phi) is 11.5. The smallest absolute Gasteiger partial charge is 0.407 e. The molecule has 0 aliphatic carbocycles. The topological polar surface area (TPSA) is 175 Å². The van der Waals surface area contributed by atoms with Gasteiger partial charge in [0, 0.05) is 36.0 Å². The number of hydrogen-bond acceptors (Lipinski definition) is 8. The number of amides is 4. The lowest BCUT2D eigenvalue weighted by Gasteiger charge is -2.29. The Bertz CT molecular complexity index is 2060. The summed E-state index contributed by atoms with van der Waals surface area (Å²) in [4.78, 5) is 70.8. The standard InChI is InChI=1S/C40H48N8O6/c1-23(2)33(45-39(51)53-5)37(49)47-19-7-9-31(47)35-41-22-30(44-35)27-16-13-25(14-17-27)11-12-26-15-18-28-29(21-26)43-36(42-28)32-10-8-20-48(32)38(50)34(24(3)4)46-40(52)54-6/h13-18,21-24,31-34H,7-10,19-20H2,1-6H3,(H,41,44)(H,42,43)(H,45,51)(H,46,52)/t31-,32-,33-,34-/m0/s1. The number of carbonyl (C=O) groups is 4. The van der Waals surface area contributed by atoms with E-state index in [0.29, 0.717) is 24.7 Å². The van der Waals surface area contributed by atoms with Gasteiger partial charge in [0.1, 0.15) is 23.7 Å². The number of imidazole rings is 2. The van der Waals surface area contributed by atoms with Crippen LogP contribution in [0.4, 0.5) is 9.59 Å². The molecule has 4 amide bonds. The first kappa shape index (κ1) is 37.9. The molecule has 54 heavy (non-hydrogen) atoms. The third-order valence-electron chi connectivity index (χ3n) is 10.1. The largest absolute Gasteiger partial charge is 0.453 e. The van der Waals surface area contributed by atoms with E-state index in [0.717, 1.165) is 59.1 Å². The maximum absolute atomic E-state index is 13.5. The fraction of sp³-hybridized carbons (Fsp3) is 0.450. The normalized spacial score (nSPS) is 18.0. The van der Waals surface area contributed by atoms with Crippen molar-refractivity contribution in [1.82, 2.24) is 40.4 Å². The molecular weight excluding hydrogens is 688 g/mol. The molecule has 4 aromatic rings. The molecule has 4 N–H and O–H groups in total. The highest BCUT2D eigenvalue weighted by Crippen LogP contribution is 2.34. The summed E-state index contributed by atoms with van der Waals surface area (Å²) < 4.78 is 9.49. The fourth-order valence-electron chi connectivity index (χ4n) is 7.17. The van der Waals surface area contributed by atoms with E-state index in [1.807, 2.05) is 76.4 Å². The number of hydrogen-bond donors (Lipinski definition) is 4. The predicted molar refractivity (Wildman–Crippen MR) is 202 cm³/mol. The fourth-order valence-corrected chi connectivity index (χ4v) is 7.17. The summed E-state index contributed by atoms with van der Waals surface area (Å²) in [6.07, 6.45) is 3.81. The van der Waals surface area contributed by atoms with Gasteiger partial charge < -0.3 is 39.9 Å². The minimum atomic E-state index is -0.697. The van der Waals surface area contributed by atoms with Crippen molar-refractivity contribution in [3.63, 3.8) is 0 Å². The quantitative estimate of drug-likeness (QED) is 0.164. The van der Waals surface area contributed by atoms with Crippen LogP contribution in [0.2, 0.25) is 0 Å². The van der Waals surface area contributed by atoms with Gasteiger partial charge in [-0.05, 0) is 67.9 Å². The summed E-state index contributed by atoms with van der Waals surface area (Å²) in [5.41, 5.74) is 4.95. The van der Waals surface area contributed by atoms with Crippen molar-refractivity contribution in [1.29, 1.82) is 0 Å². The molecule has 2 aliphatic heterocycles. The molecule has 0 spiro atoms. The molecule has 2 aromatic carbocycles. The van der Waals surface area contributed by atoms with E-state index in [9.17, 15) is 19.2 Å². The summed E-state index contributed by atoms with van der Waals surface area (Å²) >= 11 is 0. The van der Waals surface area contributed by atoms with Crippen molar-refractivity contribution in [2.24, 2.45) is 11.8 Å². The number of ether oxygens (including phenoxy) is 2. The maximum Gasteiger partial charge on any atom is 0.407 e. The number of rotatable bonds is 9. The molecule has 0 bridgehead atoms. The summed E-state index contributed by atoms with van der Waals surface area (Å²) in [7, 11) is 2.57. The first-order chi connectivity index (χ1) is 26.0. The number of H-pyrrole nitrogens is 2. The van der Waals surface area contributed by atoms with Gasteiger partial charge in [-0.2, -0.15) is 0 Å². The van der Waals surface area contributed by atoms with Crippen LogP contribution in [0.1, 0.15) is 88.2 Å². The van der Waals surface area contributed by atoms with Crippen molar-refractivity contribution in [3.05, 3.63) is 71.4 Å². The highest BCUT2D eigenvalue weighted by atomic mass is 16.5. The number of aromatic nitrogens is 4. The molecule has 2 aromatic heterocycles. The molecule has 2 aliphatic rings. The molecule has 0 radical (unpaired) electrons. The number of aromatic amines is 2. The number of likely N-dealkylation sites (tertiary alicyclic amines) is 2. The highest BCUT2D eigenvalue weighted by molar-refractivity contribution is 5.87. The predicted octanol–water partition coefficient (Wildman–Crippen LogP) is 5.44. The second-order valence-corrected chi connectivity index (χ2v) is 14.4. The average molecular weight is 737 g/mol. The Labute approximate surface area is 314 Å². The number of benzene rings is 2. The zero-order chi connectivity index (χ0) is 38.5. The molecule has 2 saturated heterocycles. The molecule has 6 rings (SSSR count). The van der Waals surface area contributed by atoms with Crippen molar-refractivity contribution >= 4 is 35.0 Å². The van der Waals surface area contributed by atoms with Crippen LogP contribution in [0.25, 0.3) is 22.3 Å². The number of fused-ring (bicyclic) bond motifs is 1. The second kappa shape index (κ2) is 16.4. The van der Waals surface area contributed by atoms with E-state index in [-0.39, 0.29) is 35.7 Å². The van der Waals surface area contributed by atoms with E-state index < -0.39 is 24.3 Å². The third-order valence-corrected chi connectivity index (χ3v) is 10.1. The number of carbonyl (C=O) groups excluding carboxylic acids is 4. The highest BCUT2D eigenvalue weighted by Gasteiger charge is 2.39. The molecule has 14 nitrogen and oxygen atoms in total. The average Bonchev–Trinajstić information content (AvgIpc) is 4.00. The Morgan fingerprint density at radius 2 is 1.30 bits per heavy atom. The lowest BCUT2D eigenvalue weighted by Crippen LogP contribution is -2.51. The summed E-state index contributed by atoms with van der Waals surface area (Å²) in [5.74, 6) is 7.39. The molecule has 4 atom stereocenters. The van der Waals surface area contributed by atoms with E-state index in [1.165, 1.54) is 14.2 Å². The zero-order valence-electron chi connectivity index (χ0n) is 31.6. The molecular formula is C40H48N8O6. The van der Waals surface area contributed by atoms with E-state index in [1.54, 1.807) is 9.80 Å². The van der Waals surface area contributed by atoms with Crippen LogP contribution < -0.4 is 10.6 Å². The van der Waals surface area contributed by atoms with Crippen LogP contribution in [-0.2, 0) is 19.1 Å². The summed E-state index contributed by atoms with van der Waals surface area (Å²) in [6, 6.07) is 11.8. The monoisotopic (exact) mass is 736 g/mol. The van der Waals surface area contributed by atoms with Gasteiger partial charge in [-0.1, -0.05) is 51.7 Å². The Hall–Kier alpha value is -5.84. The number of nitrogens with one attached hydrogen (secondary N) is 4. The third kappa shape index (κ3) is 8.20.